The molecule has 0 atom stereocenters. The zero-order chi connectivity index (χ0) is 14.3. The van der Waals surface area contributed by atoms with Gasteiger partial charge in [0.25, 0.3) is 0 Å². The fraction of sp³-hybridized carbons (Fsp3) is 0.533. The summed E-state index contributed by atoms with van der Waals surface area (Å²) in [7, 11) is 1.68. The number of aliphatic imine (C=N–C) groups is 1. The van der Waals surface area contributed by atoms with Crippen molar-refractivity contribution < 1.29 is 4.74 Å². The number of para-hydroxylation sites is 1. The third kappa shape index (κ3) is 5.64. The van der Waals surface area contributed by atoms with Gasteiger partial charge >= 0.3 is 0 Å². The van der Waals surface area contributed by atoms with Crippen LogP contribution in [-0.4, -0.2) is 25.2 Å². The second kappa shape index (κ2) is 7.02. The van der Waals surface area contributed by atoms with Crippen molar-refractivity contribution in [2.45, 2.75) is 39.8 Å². The molecule has 1 aromatic rings. The number of rotatable bonds is 4. The Labute approximate surface area is 116 Å². The molecule has 0 aromatic heterocycles. The molecule has 0 heterocycles. The summed E-state index contributed by atoms with van der Waals surface area (Å²) in [6.07, 6.45) is 0. The van der Waals surface area contributed by atoms with Crippen molar-refractivity contribution in [2.24, 2.45) is 4.99 Å². The van der Waals surface area contributed by atoms with Gasteiger partial charge in [-0.2, -0.15) is 0 Å². The summed E-state index contributed by atoms with van der Waals surface area (Å²) in [4.78, 5) is 4.59. The fourth-order valence-electron chi connectivity index (χ4n) is 1.66. The van der Waals surface area contributed by atoms with Crippen LogP contribution in [0, 0.1) is 0 Å². The molecule has 19 heavy (non-hydrogen) atoms. The Kier molecular flexibility index (Phi) is 5.67. The monoisotopic (exact) mass is 263 g/mol. The van der Waals surface area contributed by atoms with Crippen molar-refractivity contribution in [3.05, 3.63) is 29.8 Å². The zero-order valence-electron chi connectivity index (χ0n) is 12.6. The minimum absolute atomic E-state index is 0.0121. The number of hydrogen-bond acceptors (Lipinski definition) is 2. The topological polar surface area (TPSA) is 45.7 Å². The van der Waals surface area contributed by atoms with E-state index >= 15 is 0 Å². The first-order valence-electron chi connectivity index (χ1n) is 6.64. The Bertz CT molecular complexity index is 422. The quantitative estimate of drug-likeness (QED) is 0.648. The molecule has 1 rings (SSSR count). The van der Waals surface area contributed by atoms with Crippen LogP contribution in [0.25, 0.3) is 0 Å². The third-order valence-corrected chi connectivity index (χ3v) is 2.44. The van der Waals surface area contributed by atoms with Crippen LogP contribution in [0.4, 0.5) is 0 Å². The van der Waals surface area contributed by atoms with E-state index in [1.165, 1.54) is 0 Å². The highest BCUT2D eigenvalue weighted by Gasteiger charge is 2.11. The summed E-state index contributed by atoms with van der Waals surface area (Å²) < 4.78 is 5.33. The van der Waals surface area contributed by atoms with Crippen LogP contribution in [0.15, 0.2) is 29.3 Å². The number of hydrogen-bond donors (Lipinski definition) is 2. The Hall–Kier alpha value is -1.71. The highest BCUT2D eigenvalue weighted by atomic mass is 16.5. The molecular formula is C15H25N3O. The van der Waals surface area contributed by atoms with Gasteiger partial charge in [0.05, 0.1) is 13.7 Å². The fourth-order valence-corrected chi connectivity index (χ4v) is 1.66. The van der Waals surface area contributed by atoms with Gasteiger partial charge in [-0.15, -0.1) is 0 Å². The standard InChI is InChI=1S/C15H25N3O/c1-6-16-14(18-15(2,3)4)17-11-12-9-7-8-10-13(12)19-5/h7-10H,6,11H2,1-5H3,(H2,16,17,18). The van der Waals surface area contributed by atoms with E-state index in [4.69, 9.17) is 4.74 Å². The number of methoxy groups -OCH3 is 1. The van der Waals surface area contributed by atoms with Crippen LogP contribution in [0.1, 0.15) is 33.3 Å². The lowest BCUT2D eigenvalue weighted by Crippen LogP contribution is -2.47. The van der Waals surface area contributed by atoms with E-state index in [0.29, 0.717) is 6.54 Å². The lowest BCUT2D eigenvalue weighted by molar-refractivity contribution is 0.410. The highest BCUT2D eigenvalue weighted by Crippen LogP contribution is 2.17. The van der Waals surface area contributed by atoms with Crippen molar-refractivity contribution in [3.8, 4) is 5.75 Å². The molecule has 0 unspecified atom stereocenters. The van der Waals surface area contributed by atoms with Crippen molar-refractivity contribution in [1.82, 2.24) is 10.6 Å². The third-order valence-electron chi connectivity index (χ3n) is 2.44. The molecule has 4 heteroatoms. The average molecular weight is 263 g/mol. The van der Waals surface area contributed by atoms with Gasteiger partial charge in [-0.3, -0.25) is 0 Å². The van der Waals surface area contributed by atoms with Crippen LogP contribution in [0.3, 0.4) is 0 Å². The van der Waals surface area contributed by atoms with Crippen molar-refractivity contribution in [1.29, 1.82) is 0 Å². The summed E-state index contributed by atoms with van der Waals surface area (Å²) in [5, 5.41) is 6.61. The molecule has 0 spiro atoms. The van der Waals surface area contributed by atoms with Crippen molar-refractivity contribution in [3.63, 3.8) is 0 Å². The van der Waals surface area contributed by atoms with Crippen LogP contribution >= 0.6 is 0 Å². The van der Waals surface area contributed by atoms with E-state index in [1.807, 2.05) is 24.3 Å². The van der Waals surface area contributed by atoms with E-state index in [0.717, 1.165) is 23.8 Å². The van der Waals surface area contributed by atoms with Gasteiger partial charge in [-0.05, 0) is 33.8 Å². The molecule has 0 saturated heterocycles. The molecular weight excluding hydrogens is 238 g/mol. The van der Waals surface area contributed by atoms with Gasteiger partial charge in [0.1, 0.15) is 5.75 Å². The Morgan fingerprint density at radius 3 is 2.53 bits per heavy atom. The van der Waals surface area contributed by atoms with Crippen LogP contribution in [0.2, 0.25) is 0 Å². The maximum atomic E-state index is 5.33. The van der Waals surface area contributed by atoms with Crippen LogP contribution < -0.4 is 15.4 Å². The smallest absolute Gasteiger partial charge is 0.191 e. The predicted octanol–water partition coefficient (Wildman–Crippen LogP) is 2.55. The molecule has 106 valence electrons. The molecule has 0 aliphatic heterocycles. The summed E-state index contributed by atoms with van der Waals surface area (Å²) in [6, 6.07) is 7.94. The van der Waals surface area contributed by atoms with E-state index < -0.39 is 0 Å². The normalized spacial score (nSPS) is 12.2. The molecule has 4 nitrogen and oxygen atoms in total. The van der Waals surface area contributed by atoms with Crippen LogP contribution in [0.5, 0.6) is 5.75 Å². The molecule has 2 N–H and O–H groups in total. The minimum Gasteiger partial charge on any atom is -0.496 e. The lowest BCUT2D eigenvalue weighted by Gasteiger charge is -2.23. The molecule has 0 radical (unpaired) electrons. The molecule has 0 fully saturated rings. The maximum absolute atomic E-state index is 5.33. The number of nitrogens with one attached hydrogen (secondary N) is 2. The Balaban J connectivity index is 2.80. The van der Waals surface area contributed by atoms with Crippen molar-refractivity contribution >= 4 is 5.96 Å². The number of benzene rings is 1. The summed E-state index contributed by atoms with van der Waals surface area (Å²) in [5.74, 6) is 1.69. The summed E-state index contributed by atoms with van der Waals surface area (Å²) >= 11 is 0. The summed E-state index contributed by atoms with van der Waals surface area (Å²) in [6.45, 7) is 9.83. The minimum atomic E-state index is -0.0121. The molecule has 0 aliphatic carbocycles. The Morgan fingerprint density at radius 2 is 1.95 bits per heavy atom. The SMILES string of the molecule is CCNC(=NCc1ccccc1OC)NC(C)(C)C. The van der Waals surface area contributed by atoms with Crippen molar-refractivity contribution in [2.75, 3.05) is 13.7 Å². The zero-order valence-corrected chi connectivity index (χ0v) is 12.6. The second-order valence-electron chi connectivity index (χ2n) is 5.38. The van der Waals surface area contributed by atoms with Gasteiger partial charge in [0.2, 0.25) is 0 Å². The van der Waals surface area contributed by atoms with Gasteiger partial charge in [-0.25, -0.2) is 4.99 Å². The van der Waals surface area contributed by atoms with Gasteiger partial charge in [-0.1, -0.05) is 18.2 Å². The van der Waals surface area contributed by atoms with Gasteiger partial charge in [0.15, 0.2) is 5.96 Å². The lowest BCUT2D eigenvalue weighted by atomic mass is 10.1. The second-order valence-corrected chi connectivity index (χ2v) is 5.38. The average Bonchev–Trinajstić information content (AvgIpc) is 2.35. The highest BCUT2D eigenvalue weighted by molar-refractivity contribution is 5.80. The first-order valence-corrected chi connectivity index (χ1v) is 6.64. The largest absolute Gasteiger partial charge is 0.496 e. The molecule has 0 bridgehead atoms. The van der Waals surface area contributed by atoms with E-state index in [2.05, 4.69) is 43.3 Å². The van der Waals surface area contributed by atoms with Gasteiger partial charge in [0, 0.05) is 17.6 Å². The predicted molar refractivity (Wildman–Crippen MR) is 80.7 cm³/mol. The van der Waals surface area contributed by atoms with Crippen LogP contribution in [-0.2, 0) is 6.54 Å². The number of ether oxygens (including phenoxy) is 1. The first-order chi connectivity index (χ1) is 8.96. The van der Waals surface area contributed by atoms with E-state index in [1.54, 1.807) is 7.11 Å². The Morgan fingerprint density at radius 1 is 1.26 bits per heavy atom. The first kappa shape index (κ1) is 15.3. The summed E-state index contributed by atoms with van der Waals surface area (Å²) in [5.41, 5.74) is 1.07. The molecule has 0 saturated carbocycles. The number of guanidine groups is 1. The number of nitrogens with zero attached hydrogens (tertiary/aromatic N) is 1. The molecule has 0 amide bonds. The molecule has 0 aliphatic rings. The van der Waals surface area contributed by atoms with E-state index in [-0.39, 0.29) is 5.54 Å². The maximum Gasteiger partial charge on any atom is 0.191 e. The van der Waals surface area contributed by atoms with E-state index in [9.17, 15) is 0 Å². The molecule has 1 aromatic carbocycles. The van der Waals surface area contributed by atoms with Gasteiger partial charge < -0.3 is 15.4 Å².